The molecule has 0 radical (unpaired) electrons. The summed E-state index contributed by atoms with van der Waals surface area (Å²) >= 11 is 0. The van der Waals surface area contributed by atoms with Crippen LogP contribution in [0.4, 0.5) is 5.69 Å². The number of anilines is 1. The third kappa shape index (κ3) is 6.84. The number of amides is 1. The number of nitrogens with zero attached hydrogens (tertiary/aromatic N) is 2. The van der Waals surface area contributed by atoms with Crippen molar-refractivity contribution in [1.82, 2.24) is 16.0 Å². The van der Waals surface area contributed by atoms with Crippen LogP contribution in [0.15, 0.2) is 29.3 Å². The molecule has 1 aromatic carbocycles. The minimum Gasteiger partial charge on any atom is -0.497 e. The fourth-order valence-corrected chi connectivity index (χ4v) is 3.40. The molecule has 1 aliphatic rings. The fourth-order valence-electron chi connectivity index (χ4n) is 3.40. The molecule has 29 heavy (non-hydrogen) atoms. The third-order valence-corrected chi connectivity index (χ3v) is 5.11. The summed E-state index contributed by atoms with van der Waals surface area (Å²) in [4.78, 5) is 19.3. The van der Waals surface area contributed by atoms with Crippen LogP contribution >= 0.6 is 0 Å². The number of carbonyl (C=O) groups is 1. The van der Waals surface area contributed by atoms with Gasteiger partial charge in [-0.2, -0.15) is 0 Å². The number of guanidine groups is 1. The first-order chi connectivity index (χ1) is 13.9. The molecule has 0 aromatic heterocycles. The molecule has 1 saturated heterocycles. The molecular weight excluding hydrogens is 366 g/mol. The lowest BCUT2D eigenvalue weighted by Gasteiger charge is -2.35. The van der Waals surface area contributed by atoms with E-state index in [1.54, 1.807) is 7.11 Å². The number of benzene rings is 1. The van der Waals surface area contributed by atoms with E-state index in [2.05, 4.69) is 39.9 Å². The molecule has 1 heterocycles. The standard InChI is InChI=1S/C22H37N5O2/c1-6-23-20(28)22(3,4)16-25-21(24-7-2)26-17-10-9-13-27(15-17)18-11-8-12-19(14-18)29-5/h8,11-12,14,17H,6-7,9-10,13,15-16H2,1-5H3,(H,23,28)(H2,24,25,26). The molecule has 2 rings (SSSR count). The molecule has 162 valence electrons. The van der Waals surface area contributed by atoms with Crippen LogP contribution in [-0.4, -0.2) is 57.7 Å². The number of methoxy groups -OCH3 is 1. The van der Waals surface area contributed by atoms with Crippen molar-refractivity contribution in [3.63, 3.8) is 0 Å². The summed E-state index contributed by atoms with van der Waals surface area (Å²) in [7, 11) is 1.70. The largest absolute Gasteiger partial charge is 0.497 e. The van der Waals surface area contributed by atoms with Gasteiger partial charge in [-0.1, -0.05) is 6.07 Å². The molecule has 1 fully saturated rings. The normalized spacial score (nSPS) is 17.6. The number of nitrogens with one attached hydrogen (secondary N) is 3. The van der Waals surface area contributed by atoms with Gasteiger partial charge in [0.2, 0.25) is 5.91 Å². The van der Waals surface area contributed by atoms with Crippen LogP contribution in [0.5, 0.6) is 5.75 Å². The number of carbonyl (C=O) groups excluding carboxylic acids is 1. The number of rotatable bonds is 8. The maximum Gasteiger partial charge on any atom is 0.227 e. The van der Waals surface area contributed by atoms with E-state index in [0.717, 1.165) is 44.2 Å². The lowest BCUT2D eigenvalue weighted by atomic mass is 9.92. The highest BCUT2D eigenvalue weighted by Crippen LogP contribution is 2.24. The van der Waals surface area contributed by atoms with Crippen LogP contribution in [0.25, 0.3) is 0 Å². The van der Waals surface area contributed by atoms with E-state index >= 15 is 0 Å². The topological polar surface area (TPSA) is 78.0 Å². The van der Waals surface area contributed by atoms with E-state index < -0.39 is 5.41 Å². The minimum atomic E-state index is -0.544. The number of hydrogen-bond acceptors (Lipinski definition) is 4. The summed E-state index contributed by atoms with van der Waals surface area (Å²) in [6.07, 6.45) is 2.20. The molecule has 0 saturated carbocycles. The van der Waals surface area contributed by atoms with E-state index in [0.29, 0.717) is 19.1 Å². The van der Waals surface area contributed by atoms with Crippen LogP contribution < -0.4 is 25.6 Å². The summed E-state index contributed by atoms with van der Waals surface area (Å²) in [5.74, 6) is 1.67. The smallest absolute Gasteiger partial charge is 0.227 e. The molecule has 0 aliphatic carbocycles. The predicted octanol–water partition coefficient (Wildman–Crippen LogP) is 2.38. The zero-order chi connectivity index (χ0) is 21.3. The first-order valence-electron chi connectivity index (χ1n) is 10.6. The predicted molar refractivity (Wildman–Crippen MR) is 120 cm³/mol. The lowest BCUT2D eigenvalue weighted by molar-refractivity contribution is -0.128. The Labute approximate surface area is 175 Å². The Morgan fingerprint density at radius 1 is 1.28 bits per heavy atom. The molecule has 0 spiro atoms. The average Bonchev–Trinajstić information content (AvgIpc) is 2.72. The number of hydrogen-bond donors (Lipinski definition) is 3. The van der Waals surface area contributed by atoms with Gasteiger partial charge in [-0.3, -0.25) is 9.79 Å². The second-order valence-corrected chi connectivity index (χ2v) is 8.07. The van der Waals surface area contributed by atoms with Crippen molar-refractivity contribution in [2.75, 3.05) is 44.7 Å². The first-order valence-corrected chi connectivity index (χ1v) is 10.6. The van der Waals surface area contributed by atoms with Crippen LogP contribution in [0.3, 0.4) is 0 Å². The molecule has 7 nitrogen and oxygen atoms in total. The second kappa shape index (κ2) is 10.9. The minimum absolute atomic E-state index is 0.0291. The molecule has 0 bridgehead atoms. The van der Waals surface area contributed by atoms with Crippen LogP contribution in [0.1, 0.15) is 40.5 Å². The van der Waals surface area contributed by atoms with E-state index in [9.17, 15) is 4.79 Å². The van der Waals surface area contributed by atoms with Gasteiger partial charge < -0.3 is 25.6 Å². The van der Waals surface area contributed by atoms with Crippen molar-refractivity contribution in [3.8, 4) is 5.75 Å². The Kier molecular flexibility index (Phi) is 8.61. The van der Waals surface area contributed by atoms with Gasteiger partial charge in [-0.25, -0.2) is 0 Å². The van der Waals surface area contributed by atoms with Gasteiger partial charge in [-0.05, 0) is 52.7 Å². The highest BCUT2D eigenvalue weighted by Gasteiger charge is 2.27. The van der Waals surface area contributed by atoms with Gasteiger partial charge in [-0.15, -0.1) is 0 Å². The van der Waals surface area contributed by atoms with E-state index in [-0.39, 0.29) is 5.91 Å². The molecule has 1 aliphatic heterocycles. The summed E-state index contributed by atoms with van der Waals surface area (Å²) < 4.78 is 5.37. The van der Waals surface area contributed by atoms with E-state index in [1.165, 1.54) is 5.69 Å². The van der Waals surface area contributed by atoms with Crippen LogP contribution in [-0.2, 0) is 4.79 Å². The van der Waals surface area contributed by atoms with Crippen LogP contribution in [0, 0.1) is 5.41 Å². The van der Waals surface area contributed by atoms with Gasteiger partial charge >= 0.3 is 0 Å². The average molecular weight is 404 g/mol. The van der Waals surface area contributed by atoms with E-state index in [1.807, 2.05) is 32.9 Å². The van der Waals surface area contributed by atoms with Crippen molar-refractivity contribution >= 4 is 17.6 Å². The number of ether oxygens (including phenoxy) is 1. The van der Waals surface area contributed by atoms with E-state index in [4.69, 9.17) is 9.73 Å². The van der Waals surface area contributed by atoms with Crippen LogP contribution in [0.2, 0.25) is 0 Å². The number of aliphatic imine (C=N–C) groups is 1. The Bertz CT molecular complexity index is 690. The Balaban J connectivity index is 2.02. The molecular formula is C22H37N5O2. The zero-order valence-corrected chi connectivity index (χ0v) is 18.5. The van der Waals surface area contributed by atoms with Gasteiger partial charge in [0, 0.05) is 44.0 Å². The van der Waals surface area contributed by atoms with Crippen molar-refractivity contribution in [2.24, 2.45) is 10.4 Å². The quantitative estimate of drug-likeness (QED) is 0.459. The second-order valence-electron chi connectivity index (χ2n) is 8.07. The zero-order valence-electron chi connectivity index (χ0n) is 18.5. The van der Waals surface area contributed by atoms with Gasteiger partial charge in [0.1, 0.15) is 5.75 Å². The summed E-state index contributed by atoms with van der Waals surface area (Å²) in [6.45, 7) is 11.6. The molecule has 3 N–H and O–H groups in total. The fraction of sp³-hybridized carbons (Fsp3) is 0.636. The first kappa shape index (κ1) is 22.8. The van der Waals surface area contributed by atoms with Crippen molar-refractivity contribution in [1.29, 1.82) is 0 Å². The Hall–Kier alpha value is -2.44. The molecule has 1 amide bonds. The molecule has 1 unspecified atom stereocenters. The van der Waals surface area contributed by atoms with Gasteiger partial charge in [0.05, 0.1) is 19.1 Å². The summed E-state index contributed by atoms with van der Waals surface area (Å²) in [6, 6.07) is 8.49. The van der Waals surface area contributed by atoms with Gasteiger partial charge in [0.25, 0.3) is 0 Å². The van der Waals surface area contributed by atoms with Crippen molar-refractivity contribution < 1.29 is 9.53 Å². The van der Waals surface area contributed by atoms with Crippen molar-refractivity contribution in [3.05, 3.63) is 24.3 Å². The summed E-state index contributed by atoms with van der Waals surface area (Å²) in [5.41, 5.74) is 0.632. The third-order valence-electron chi connectivity index (χ3n) is 5.11. The molecule has 7 heteroatoms. The highest BCUT2D eigenvalue weighted by molar-refractivity contribution is 5.83. The SMILES string of the molecule is CCNC(=O)C(C)(C)CN=C(NCC)NC1CCCN(c2cccc(OC)c2)C1. The summed E-state index contributed by atoms with van der Waals surface area (Å²) in [5, 5.41) is 9.77. The maximum atomic E-state index is 12.2. The Morgan fingerprint density at radius 2 is 2.03 bits per heavy atom. The molecule has 1 aromatic rings. The van der Waals surface area contributed by atoms with Crippen molar-refractivity contribution in [2.45, 2.75) is 46.6 Å². The number of piperidine rings is 1. The highest BCUT2D eigenvalue weighted by atomic mass is 16.5. The monoisotopic (exact) mass is 403 g/mol. The molecule has 1 atom stereocenters. The van der Waals surface area contributed by atoms with Gasteiger partial charge in [0.15, 0.2) is 5.96 Å². The lowest BCUT2D eigenvalue weighted by Crippen LogP contribution is -2.51. The maximum absolute atomic E-state index is 12.2. The Morgan fingerprint density at radius 3 is 2.72 bits per heavy atom.